The molecule has 1 saturated heterocycles. The van der Waals surface area contributed by atoms with Crippen molar-refractivity contribution in [1.29, 1.82) is 0 Å². The number of nitrogens with two attached hydrogens (primary N) is 1. The Hall–Kier alpha value is -1.23. The largest absolute Gasteiger partial charge is 0.369 e. The molecule has 3 N–H and O–H groups in total. The lowest BCUT2D eigenvalue weighted by Crippen LogP contribution is -2.48. The van der Waals surface area contributed by atoms with Gasteiger partial charge in [-0.1, -0.05) is 24.3 Å². The second-order valence-corrected chi connectivity index (χ2v) is 6.40. The van der Waals surface area contributed by atoms with Gasteiger partial charge in [0.1, 0.15) is 5.25 Å². The normalized spacial score (nSPS) is 37.3. The third kappa shape index (κ3) is 2.07. The van der Waals surface area contributed by atoms with E-state index in [1.165, 1.54) is 0 Å². The zero-order chi connectivity index (χ0) is 12.7. The molecule has 2 fully saturated rings. The van der Waals surface area contributed by atoms with Gasteiger partial charge in [-0.2, -0.15) is 0 Å². The van der Waals surface area contributed by atoms with Crippen molar-refractivity contribution in [2.24, 2.45) is 17.6 Å². The third-order valence-electron chi connectivity index (χ3n) is 3.71. The zero-order valence-electron chi connectivity index (χ0n) is 9.91. The van der Waals surface area contributed by atoms with Crippen LogP contribution in [0.2, 0.25) is 0 Å². The van der Waals surface area contributed by atoms with Gasteiger partial charge in [0.05, 0.1) is 6.04 Å². The van der Waals surface area contributed by atoms with Crippen LogP contribution in [0.5, 0.6) is 0 Å². The Kier molecular flexibility index (Phi) is 2.93. The van der Waals surface area contributed by atoms with Gasteiger partial charge in [-0.25, -0.2) is 0 Å². The summed E-state index contributed by atoms with van der Waals surface area (Å²) in [5.41, 5.74) is 5.45. The Morgan fingerprint density at radius 1 is 1.22 bits per heavy atom. The van der Waals surface area contributed by atoms with Gasteiger partial charge in [-0.3, -0.25) is 9.59 Å². The molecule has 0 spiro atoms. The van der Waals surface area contributed by atoms with E-state index in [1.807, 2.05) is 12.2 Å². The number of nitrogens with one attached hydrogen (secondary N) is 1. The molecule has 0 radical (unpaired) electrons. The molecule has 18 heavy (non-hydrogen) atoms. The van der Waals surface area contributed by atoms with Crippen molar-refractivity contribution < 1.29 is 9.59 Å². The molecule has 4 nitrogen and oxygen atoms in total. The first-order chi connectivity index (χ1) is 8.66. The minimum Gasteiger partial charge on any atom is -0.369 e. The van der Waals surface area contributed by atoms with Crippen molar-refractivity contribution in [2.75, 3.05) is 0 Å². The van der Waals surface area contributed by atoms with E-state index in [1.54, 1.807) is 11.8 Å². The van der Waals surface area contributed by atoms with Crippen LogP contribution >= 0.6 is 11.8 Å². The van der Waals surface area contributed by atoms with E-state index in [4.69, 9.17) is 5.73 Å². The van der Waals surface area contributed by atoms with Crippen molar-refractivity contribution in [3.8, 4) is 0 Å². The summed E-state index contributed by atoms with van der Waals surface area (Å²) in [5.74, 6) is 0.0821. The number of rotatable bonds is 3. The first-order valence-corrected chi connectivity index (χ1v) is 7.21. The topological polar surface area (TPSA) is 72.2 Å². The van der Waals surface area contributed by atoms with Gasteiger partial charge in [0.2, 0.25) is 11.8 Å². The number of fused-ring (bicyclic) bond motifs is 1. The summed E-state index contributed by atoms with van der Waals surface area (Å²) in [6.07, 6.45) is 10.0. The van der Waals surface area contributed by atoms with Crippen molar-refractivity contribution in [1.82, 2.24) is 5.32 Å². The van der Waals surface area contributed by atoms with Gasteiger partial charge >= 0.3 is 0 Å². The smallest absolute Gasteiger partial charge is 0.232 e. The van der Waals surface area contributed by atoms with Gasteiger partial charge in [-0.05, 0) is 12.8 Å². The average Bonchev–Trinajstić information content (AvgIpc) is 3.13. The van der Waals surface area contributed by atoms with Gasteiger partial charge in [0.15, 0.2) is 0 Å². The number of thioether (sulfide) groups is 1. The minimum absolute atomic E-state index is 0.0791. The molecule has 1 aliphatic heterocycles. The van der Waals surface area contributed by atoms with Gasteiger partial charge in [0.25, 0.3) is 0 Å². The van der Waals surface area contributed by atoms with Crippen LogP contribution in [0.1, 0.15) is 12.8 Å². The Morgan fingerprint density at radius 2 is 1.94 bits per heavy atom. The zero-order valence-corrected chi connectivity index (χ0v) is 10.7. The van der Waals surface area contributed by atoms with Crippen LogP contribution < -0.4 is 11.1 Å². The number of allylic oxidation sites excluding steroid dienone is 2. The SMILES string of the molecule is NC(=O)C1SC2C=CC=CC2C1NC(=O)C1CC1. The first kappa shape index (κ1) is 11.8. The van der Waals surface area contributed by atoms with Crippen molar-refractivity contribution >= 4 is 23.6 Å². The summed E-state index contributed by atoms with van der Waals surface area (Å²) >= 11 is 1.56. The van der Waals surface area contributed by atoms with Crippen LogP contribution in [0.15, 0.2) is 24.3 Å². The maximum Gasteiger partial charge on any atom is 0.232 e. The number of amides is 2. The standard InChI is InChI=1S/C13H16N2O2S/c14-12(16)11-10(15-13(17)7-5-6-7)8-3-1-2-4-9(8)18-11/h1-4,7-11H,5-6H2,(H2,14,16)(H,15,17). The number of primary amides is 1. The Labute approximate surface area is 110 Å². The molecule has 2 aliphatic carbocycles. The Morgan fingerprint density at radius 3 is 2.61 bits per heavy atom. The molecule has 1 saturated carbocycles. The molecule has 96 valence electrons. The lowest BCUT2D eigenvalue weighted by atomic mass is 9.90. The van der Waals surface area contributed by atoms with Crippen LogP contribution in [0.3, 0.4) is 0 Å². The lowest BCUT2D eigenvalue weighted by molar-refractivity contribution is -0.123. The van der Waals surface area contributed by atoms with E-state index >= 15 is 0 Å². The molecule has 4 atom stereocenters. The molecule has 0 aromatic carbocycles. The average molecular weight is 264 g/mol. The van der Waals surface area contributed by atoms with E-state index in [0.29, 0.717) is 0 Å². The van der Waals surface area contributed by atoms with Gasteiger partial charge in [-0.15, -0.1) is 11.8 Å². The van der Waals surface area contributed by atoms with Crippen LogP contribution in [-0.4, -0.2) is 28.4 Å². The molecular formula is C13H16N2O2S. The highest BCUT2D eigenvalue weighted by Crippen LogP contribution is 2.42. The highest BCUT2D eigenvalue weighted by atomic mass is 32.2. The molecular weight excluding hydrogens is 248 g/mol. The van der Waals surface area contributed by atoms with E-state index in [9.17, 15) is 9.59 Å². The van der Waals surface area contributed by atoms with Gasteiger partial charge in [0, 0.05) is 17.1 Å². The highest BCUT2D eigenvalue weighted by Gasteiger charge is 2.46. The second kappa shape index (κ2) is 4.46. The van der Waals surface area contributed by atoms with Crippen molar-refractivity contribution in [3.63, 3.8) is 0 Å². The molecule has 5 heteroatoms. The highest BCUT2D eigenvalue weighted by molar-refractivity contribution is 8.01. The fraction of sp³-hybridized carbons (Fsp3) is 0.538. The first-order valence-electron chi connectivity index (χ1n) is 6.27. The molecule has 1 heterocycles. The van der Waals surface area contributed by atoms with Crippen LogP contribution in [0.25, 0.3) is 0 Å². The number of carbonyl (C=O) groups excluding carboxylic acids is 2. The number of hydrogen-bond donors (Lipinski definition) is 2. The van der Waals surface area contributed by atoms with E-state index in [0.717, 1.165) is 12.8 Å². The summed E-state index contributed by atoms with van der Waals surface area (Å²) in [6, 6.07) is -0.160. The molecule has 3 aliphatic rings. The number of carbonyl (C=O) groups is 2. The molecule has 3 rings (SSSR count). The van der Waals surface area contributed by atoms with E-state index < -0.39 is 0 Å². The molecule has 4 unspecified atom stereocenters. The summed E-state index contributed by atoms with van der Waals surface area (Å²) in [4.78, 5) is 23.4. The predicted molar refractivity (Wildman–Crippen MR) is 70.8 cm³/mol. The summed E-state index contributed by atoms with van der Waals surface area (Å²) in [6.45, 7) is 0. The second-order valence-electron chi connectivity index (χ2n) is 5.08. The van der Waals surface area contributed by atoms with Crippen molar-refractivity contribution in [2.45, 2.75) is 29.4 Å². The number of hydrogen-bond acceptors (Lipinski definition) is 3. The maximum atomic E-state index is 11.9. The minimum atomic E-state index is -0.336. The van der Waals surface area contributed by atoms with Gasteiger partial charge < -0.3 is 11.1 Å². The van der Waals surface area contributed by atoms with E-state index in [-0.39, 0.29) is 40.2 Å². The molecule has 0 aromatic rings. The summed E-state index contributed by atoms with van der Waals surface area (Å²) in [5, 5.41) is 2.95. The fourth-order valence-electron chi connectivity index (χ4n) is 2.56. The third-order valence-corrected chi connectivity index (χ3v) is 5.31. The van der Waals surface area contributed by atoms with Crippen LogP contribution in [0.4, 0.5) is 0 Å². The Bertz CT molecular complexity index is 442. The summed E-state index contributed by atoms with van der Waals surface area (Å²) in [7, 11) is 0. The van der Waals surface area contributed by atoms with Crippen LogP contribution in [-0.2, 0) is 9.59 Å². The van der Waals surface area contributed by atoms with Crippen molar-refractivity contribution in [3.05, 3.63) is 24.3 Å². The quantitative estimate of drug-likeness (QED) is 0.784. The molecule has 0 aromatic heterocycles. The lowest BCUT2D eigenvalue weighted by Gasteiger charge is -2.23. The Balaban J connectivity index is 1.78. The fourth-order valence-corrected chi connectivity index (χ4v) is 4.08. The maximum absolute atomic E-state index is 11.9. The predicted octanol–water partition coefficient (Wildman–Crippen LogP) is 0.593. The summed E-state index contributed by atoms with van der Waals surface area (Å²) < 4.78 is 0. The van der Waals surface area contributed by atoms with E-state index in [2.05, 4.69) is 17.5 Å². The molecule has 2 amide bonds. The molecule has 0 bridgehead atoms. The van der Waals surface area contributed by atoms with Crippen LogP contribution in [0, 0.1) is 11.8 Å². The monoisotopic (exact) mass is 264 g/mol.